The summed E-state index contributed by atoms with van der Waals surface area (Å²) < 4.78 is 13.0. The molecule has 1 N–H and O–H groups in total. The molecule has 0 bridgehead atoms. The van der Waals surface area contributed by atoms with Crippen LogP contribution in [0.25, 0.3) is 44.2 Å². The van der Waals surface area contributed by atoms with Crippen LogP contribution in [0.3, 0.4) is 0 Å². The van der Waals surface area contributed by atoms with Gasteiger partial charge in [0.15, 0.2) is 11.5 Å². The molecule has 2 aliphatic rings. The van der Waals surface area contributed by atoms with Crippen LogP contribution in [-0.4, -0.2) is 0 Å². The first-order valence-corrected chi connectivity index (χ1v) is 16.0. The maximum absolute atomic E-state index is 6.73. The SMILES string of the molecule is c1ccc(C2Nc3ccccc3-c3c2ccc2c3oc3ccc(-c4cccc(N5c6ccccc6Oc6ccccc65)c4)cc32)cc1. The smallest absolute Gasteiger partial charge is 0.151 e. The number of fused-ring (bicyclic) bond motifs is 9. The number of hydrogen-bond acceptors (Lipinski definition) is 4. The Labute approximate surface area is 272 Å². The summed E-state index contributed by atoms with van der Waals surface area (Å²) in [6.45, 7) is 0. The van der Waals surface area contributed by atoms with Crippen LogP contribution >= 0.6 is 0 Å². The van der Waals surface area contributed by atoms with Gasteiger partial charge in [0.2, 0.25) is 0 Å². The first-order valence-electron chi connectivity index (χ1n) is 16.0. The number of benzene rings is 7. The third kappa shape index (κ3) is 4.01. The van der Waals surface area contributed by atoms with E-state index in [2.05, 4.69) is 144 Å². The lowest BCUT2D eigenvalue weighted by Gasteiger charge is -2.33. The third-order valence-corrected chi connectivity index (χ3v) is 9.48. The van der Waals surface area contributed by atoms with Gasteiger partial charge in [0.05, 0.1) is 17.4 Å². The number of anilines is 4. The van der Waals surface area contributed by atoms with Gasteiger partial charge in [-0.25, -0.2) is 0 Å². The third-order valence-electron chi connectivity index (χ3n) is 9.48. The fourth-order valence-corrected chi connectivity index (χ4v) is 7.33. The molecule has 10 rings (SSSR count). The van der Waals surface area contributed by atoms with E-state index in [9.17, 15) is 0 Å². The highest BCUT2D eigenvalue weighted by atomic mass is 16.5. The van der Waals surface area contributed by atoms with Crippen molar-refractivity contribution in [2.75, 3.05) is 10.2 Å². The molecule has 47 heavy (non-hydrogen) atoms. The molecule has 1 atom stereocenters. The Morgan fingerprint density at radius 2 is 1.28 bits per heavy atom. The van der Waals surface area contributed by atoms with Crippen LogP contribution in [-0.2, 0) is 0 Å². The second-order valence-electron chi connectivity index (χ2n) is 12.2. The number of hydrogen-bond donors (Lipinski definition) is 1. The quantitative estimate of drug-likeness (QED) is 0.218. The molecule has 222 valence electrons. The molecule has 1 aromatic heterocycles. The lowest BCUT2D eigenvalue weighted by molar-refractivity contribution is 0.477. The van der Waals surface area contributed by atoms with E-state index in [4.69, 9.17) is 9.15 Å². The van der Waals surface area contributed by atoms with Crippen molar-refractivity contribution in [3.63, 3.8) is 0 Å². The summed E-state index contributed by atoms with van der Waals surface area (Å²) in [5.74, 6) is 1.69. The van der Waals surface area contributed by atoms with Crippen LogP contribution in [0.1, 0.15) is 17.2 Å². The van der Waals surface area contributed by atoms with Gasteiger partial charge in [0.25, 0.3) is 0 Å². The minimum atomic E-state index is 0.0347. The number of furan rings is 1. The average molecular weight is 605 g/mol. The van der Waals surface area contributed by atoms with E-state index >= 15 is 0 Å². The molecular weight excluding hydrogens is 576 g/mol. The van der Waals surface area contributed by atoms with Crippen molar-refractivity contribution in [1.29, 1.82) is 0 Å². The first kappa shape index (κ1) is 26.0. The highest BCUT2D eigenvalue weighted by Gasteiger charge is 2.29. The zero-order valence-corrected chi connectivity index (χ0v) is 25.4. The minimum absolute atomic E-state index is 0.0347. The lowest BCUT2D eigenvalue weighted by Crippen LogP contribution is -2.18. The summed E-state index contributed by atoms with van der Waals surface area (Å²) in [5.41, 5.74) is 13.1. The van der Waals surface area contributed by atoms with Gasteiger partial charge >= 0.3 is 0 Å². The minimum Gasteiger partial charge on any atom is -0.455 e. The molecule has 3 heterocycles. The second-order valence-corrected chi connectivity index (χ2v) is 12.2. The van der Waals surface area contributed by atoms with Crippen molar-refractivity contribution in [1.82, 2.24) is 0 Å². The van der Waals surface area contributed by atoms with Crippen LogP contribution in [0, 0.1) is 0 Å². The van der Waals surface area contributed by atoms with E-state index in [-0.39, 0.29) is 6.04 Å². The standard InChI is InChI=1S/C43H28N2O2/c1-2-11-27(12-3-1)42-33-23-22-31-34-26-29(21-24-38(34)47-43(31)41(33)32-15-4-5-16-35(32)44-42)28-13-10-14-30(25-28)45-36-17-6-8-19-39(36)46-40-20-9-7-18-37(40)45/h1-26,42,44H. The molecular formula is C43H28N2O2. The van der Waals surface area contributed by atoms with Crippen molar-refractivity contribution in [3.8, 4) is 33.8 Å². The Balaban J connectivity index is 1.12. The van der Waals surface area contributed by atoms with Crippen LogP contribution < -0.4 is 15.0 Å². The van der Waals surface area contributed by atoms with E-state index < -0.39 is 0 Å². The van der Waals surface area contributed by atoms with Gasteiger partial charge in [0, 0.05) is 33.3 Å². The number of nitrogens with one attached hydrogen (secondary N) is 1. The summed E-state index contributed by atoms with van der Waals surface area (Å²) in [4.78, 5) is 2.28. The van der Waals surface area contributed by atoms with Crippen molar-refractivity contribution in [2.45, 2.75) is 6.04 Å². The zero-order valence-electron chi connectivity index (χ0n) is 25.4. The summed E-state index contributed by atoms with van der Waals surface area (Å²) >= 11 is 0. The first-order chi connectivity index (χ1) is 23.3. The predicted octanol–water partition coefficient (Wildman–Crippen LogP) is 12.0. The van der Waals surface area contributed by atoms with Crippen LogP contribution in [0.2, 0.25) is 0 Å². The normalized spacial score (nSPS) is 14.5. The van der Waals surface area contributed by atoms with Crippen LogP contribution in [0.5, 0.6) is 11.5 Å². The van der Waals surface area contributed by atoms with Gasteiger partial charge in [-0.3, -0.25) is 0 Å². The Bertz CT molecular complexity index is 2450. The van der Waals surface area contributed by atoms with Gasteiger partial charge in [0.1, 0.15) is 11.2 Å². The molecule has 2 aliphatic heterocycles. The number of rotatable bonds is 3. The molecule has 0 radical (unpaired) electrons. The highest BCUT2D eigenvalue weighted by Crippen LogP contribution is 2.51. The molecule has 0 aliphatic carbocycles. The lowest BCUT2D eigenvalue weighted by atomic mass is 9.85. The summed E-state index contributed by atoms with van der Waals surface area (Å²) in [6.07, 6.45) is 0. The summed E-state index contributed by atoms with van der Waals surface area (Å²) in [6, 6.07) is 55.4. The molecule has 0 fully saturated rings. The number of ether oxygens (including phenoxy) is 1. The van der Waals surface area contributed by atoms with Crippen LogP contribution in [0.15, 0.2) is 162 Å². The van der Waals surface area contributed by atoms with E-state index in [1.54, 1.807) is 0 Å². The largest absolute Gasteiger partial charge is 0.455 e. The molecule has 7 aromatic carbocycles. The monoisotopic (exact) mass is 604 g/mol. The Hall–Kier alpha value is -6.26. The van der Waals surface area contributed by atoms with Gasteiger partial charge < -0.3 is 19.4 Å². The van der Waals surface area contributed by atoms with Crippen LogP contribution in [0.4, 0.5) is 22.7 Å². The fraction of sp³-hybridized carbons (Fsp3) is 0.0233. The maximum Gasteiger partial charge on any atom is 0.151 e. The van der Waals surface area contributed by atoms with Gasteiger partial charge in [-0.15, -0.1) is 0 Å². The highest BCUT2D eigenvalue weighted by molar-refractivity contribution is 6.12. The molecule has 0 amide bonds. The number of para-hydroxylation sites is 5. The van der Waals surface area contributed by atoms with Crippen molar-refractivity contribution in [3.05, 3.63) is 169 Å². The molecule has 1 unspecified atom stereocenters. The van der Waals surface area contributed by atoms with Gasteiger partial charge in [-0.2, -0.15) is 0 Å². The molecule has 0 saturated carbocycles. The van der Waals surface area contributed by atoms with Gasteiger partial charge in [-0.05, 0) is 76.9 Å². The molecule has 0 spiro atoms. The molecule has 8 aromatic rings. The topological polar surface area (TPSA) is 37.6 Å². The van der Waals surface area contributed by atoms with E-state index in [0.29, 0.717) is 0 Å². The summed E-state index contributed by atoms with van der Waals surface area (Å²) in [7, 11) is 0. The van der Waals surface area contributed by atoms with Crippen molar-refractivity contribution < 1.29 is 9.15 Å². The second kappa shape index (κ2) is 10.1. The predicted molar refractivity (Wildman–Crippen MR) is 191 cm³/mol. The Morgan fingerprint density at radius 3 is 2.11 bits per heavy atom. The number of nitrogens with zero attached hydrogens (tertiary/aromatic N) is 1. The maximum atomic E-state index is 6.73. The van der Waals surface area contributed by atoms with Crippen molar-refractivity contribution >= 4 is 44.7 Å². The zero-order chi connectivity index (χ0) is 30.9. The Morgan fingerprint density at radius 1 is 0.553 bits per heavy atom. The van der Waals surface area contributed by atoms with E-state index in [1.807, 2.05) is 24.3 Å². The Kier molecular flexibility index (Phi) is 5.60. The molecule has 4 heteroatoms. The molecule has 4 nitrogen and oxygen atoms in total. The molecule has 0 saturated heterocycles. The van der Waals surface area contributed by atoms with E-state index in [1.165, 1.54) is 16.7 Å². The van der Waals surface area contributed by atoms with Gasteiger partial charge in [-0.1, -0.05) is 103 Å². The fourth-order valence-electron chi connectivity index (χ4n) is 7.33. The van der Waals surface area contributed by atoms with E-state index in [0.717, 1.165) is 72.9 Å². The average Bonchev–Trinajstić information content (AvgIpc) is 3.52. The summed E-state index contributed by atoms with van der Waals surface area (Å²) in [5, 5.41) is 6.02. The van der Waals surface area contributed by atoms with Crippen molar-refractivity contribution in [2.24, 2.45) is 0 Å².